The maximum atomic E-state index is 10.8. The van der Waals surface area contributed by atoms with E-state index in [1.54, 1.807) is 6.92 Å². The number of hydrazine groups is 1. The van der Waals surface area contributed by atoms with Crippen molar-refractivity contribution in [2.45, 2.75) is 32.7 Å². The summed E-state index contributed by atoms with van der Waals surface area (Å²) >= 11 is 0. The molecule has 0 aromatic carbocycles. The SMILES string of the molecule is CCC(C)(NN)C(C)=O. The van der Waals surface area contributed by atoms with Gasteiger partial charge >= 0.3 is 0 Å². The van der Waals surface area contributed by atoms with Crippen LogP contribution in [-0.2, 0) is 4.79 Å². The molecule has 0 aliphatic heterocycles. The fourth-order valence-corrected chi connectivity index (χ4v) is 0.453. The van der Waals surface area contributed by atoms with Gasteiger partial charge in [0, 0.05) is 0 Å². The predicted molar refractivity (Wildman–Crippen MR) is 36.7 cm³/mol. The number of Topliss-reactive ketones (excluding diaryl/α,β-unsaturated/α-hetero) is 1. The average Bonchev–Trinajstić information content (AvgIpc) is 1.86. The molecule has 0 aliphatic rings. The summed E-state index contributed by atoms with van der Waals surface area (Å²) < 4.78 is 0. The van der Waals surface area contributed by atoms with E-state index in [1.165, 1.54) is 6.92 Å². The van der Waals surface area contributed by atoms with Crippen molar-refractivity contribution in [2.24, 2.45) is 5.84 Å². The van der Waals surface area contributed by atoms with Gasteiger partial charge in [-0.2, -0.15) is 0 Å². The summed E-state index contributed by atoms with van der Waals surface area (Å²) in [5.41, 5.74) is 1.95. The molecule has 0 aromatic rings. The van der Waals surface area contributed by atoms with Crippen LogP contribution in [-0.4, -0.2) is 11.3 Å². The summed E-state index contributed by atoms with van der Waals surface area (Å²) in [5, 5.41) is 0. The minimum Gasteiger partial charge on any atom is -0.298 e. The molecule has 0 saturated heterocycles. The van der Waals surface area contributed by atoms with Crippen LogP contribution in [0.25, 0.3) is 0 Å². The zero-order valence-corrected chi connectivity index (χ0v) is 6.19. The second-order valence-electron chi connectivity index (χ2n) is 2.39. The zero-order valence-electron chi connectivity index (χ0n) is 6.19. The van der Waals surface area contributed by atoms with Crippen LogP contribution >= 0.6 is 0 Å². The van der Waals surface area contributed by atoms with E-state index in [9.17, 15) is 4.79 Å². The van der Waals surface area contributed by atoms with Crippen molar-refractivity contribution in [3.05, 3.63) is 0 Å². The molecular weight excluding hydrogens is 116 g/mol. The minimum absolute atomic E-state index is 0.0764. The Hall–Kier alpha value is -0.410. The number of carbonyl (C=O) groups is 1. The molecule has 0 saturated carbocycles. The molecule has 0 bridgehead atoms. The molecule has 1 unspecified atom stereocenters. The van der Waals surface area contributed by atoms with Crippen LogP contribution in [0.5, 0.6) is 0 Å². The quantitative estimate of drug-likeness (QED) is 0.424. The van der Waals surface area contributed by atoms with E-state index in [1.807, 2.05) is 6.92 Å². The van der Waals surface area contributed by atoms with Crippen molar-refractivity contribution in [1.82, 2.24) is 5.43 Å². The zero-order chi connectivity index (χ0) is 7.49. The largest absolute Gasteiger partial charge is 0.298 e. The highest BCUT2D eigenvalue weighted by molar-refractivity contribution is 5.85. The van der Waals surface area contributed by atoms with E-state index < -0.39 is 5.54 Å². The summed E-state index contributed by atoms with van der Waals surface area (Å²) in [4.78, 5) is 10.8. The number of rotatable bonds is 3. The lowest BCUT2D eigenvalue weighted by atomic mass is 9.95. The Labute approximate surface area is 55.6 Å². The molecule has 0 heterocycles. The lowest BCUT2D eigenvalue weighted by Gasteiger charge is -2.23. The maximum Gasteiger partial charge on any atom is 0.150 e. The van der Waals surface area contributed by atoms with Gasteiger partial charge in [-0.25, -0.2) is 5.43 Å². The van der Waals surface area contributed by atoms with Crippen molar-refractivity contribution in [1.29, 1.82) is 0 Å². The molecule has 3 nitrogen and oxygen atoms in total. The van der Waals surface area contributed by atoms with Crippen LogP contribution in [0.4, 0.5) is 0 Å². The third kappa shape index (κ3) is 1.77. The van der Waals surface area contributed by atoms with Gasteiger partial charge < -0.3 is 0 Å². The third-order valence-electron chi connectivity index (χ3n) is 1.80. The summed E-state index contributed by atoms with van der Waals surface area (Å²) in [7, 11) is 0. The normalized spacial score (nSPS) is 16.9. The first kappa shape index (κ1) is 8.59. The van der Waals surface area contributed by atoms with Crippen LogP contribution in [0.2, 0.25) is 0 Å². The van der Waals surface area contributed by atoms with Gasteiger partial charge in [-0.1, -0.05) is 6.92 Å². The highest BCUT2D eigenvalue weighted by atomic mass is 16.1. The Morgan fingerprint density at radius 2 is 2.22 bits per heavy atom. The number of ketones is 1. The second-order valence-corrected chi connectivity index (χ2v) is 2.39. The van der Waals surface area contributed by atoms with E-state index in [2.05, 4.69) is 5.43 Å². The van der Waals surface area contributed by atoms with Gasteiger partial charge in [-0.3, -0.25) is 10.6 Å². The van der Waals surface area contributed by atoms with Crippen LogP contribution in [0, 0.1) is 0 Å². The maximum absolute atomic E-state index is 10.8. The highest BCUT2D eigenvalue weighted by Gasteiger charge is 2.24. The van der Waals surface area contributed by atoms with Crippen molar-refractivity contribution >= 4 is 5.78 Å². The van der Waals surface area contributed by atoms with E-state index in [0.717, 1.165) is 6.42 Å². The Bertz CT molecular complexity index is 108. The first-order valence-electron chi connectivity index (χ1n) is 3.05. The number of hydrogen-bond donors (Lipinski definition) is 2. The number of nitrogens with one attached hydrogen (secondary N) is 1. The molecule has 1 atom stereocenters. The van der Waals surface area contributed by atoms with Crippen LogP contribution in [0.3, 0.4) is 0 Å². The van der Waals surface area contributed by atoms with E-state index in [4.69, 9.17) is 5.84 Å². The summed E-state index contributed by atoms with van der Waals surface area (Å²) in [6.07, 6.45) is 0.721. The molecule has 54 valence electrons. The van der Waals surface area contributed by atoms with Gasteiger partial charge in [0.05, 0.1) is 5.54 Å². The van der Waals surface area contributed by atoms with E-state index in [-0.39, 0.29) is 5.78 Å². The Kier molecular flexibility index (Phi) is 2.81. The molecule has 0 fully saturated rings. The molecule has 0 rings (SSSR count). The van der Waals surface area contributed by atoms with Gasteiger partial charge in [-0.15, -0.1) is 0 Å². The fourth-order valence-electron chi connectivity index (χ4n) is 0.453. The van der Waals surface area contributed by atoms with Crippen molar-refractivity contribution < 1.29 is 4.79 Å². The molecule has 9 heavy (non-hydrogen) atoms. The number of carbonyl (C=O) groups excluding carboxylic acids is 1. The molecule has 0 spiro atoms. The first-order valence-corrected chi connectivity index (χ1v) is 3.05. The van der Waals surface area contributed by atoms with Crippen LogP contribution < -0.4 is 11.3 Å². The van der Waals surface area contributed by atoms with Gasteiger partial charge in [0.1, 0.15) is 0 Å². The smallest absolute Gasteiger partial charge is 0.150 e. The topological polar surface area (TPSA) is 55.1 Å². The first-order chi connectivity index (χ1) is 4.06. The summed E-state index contributed by atoms with van der Waals surface area (Å²) in [6.45, 7) is 5.24. The Morgan fingerprint density at radius 3 is 2.22 bits per heavy atom. The van der Waals surface area contributed by atoms with Gasteiger partial charge in [-0.05, 0) is 20.3 Å². The molecule has 0 aromatic heterocycles. The molecule has 0 amide bonds. The minimum atomic E-state index is -0.528. The van der Waals surface area contributed by atoms with Crippen molar-refractivity contribution in [3.63, 3.8) is 0 Å². The molecule has 0 aliphatic carbocycles. The van der Waals surface area contributed by atoms with Crippen LogP contribution in [0.1, 0.15) is 27.2 Å². The second kappa shape index (κ2) is 2.94. The van der Waals surface area contributed by atoms with Gasteiger partial charge in [0.25, 0.3) is 0 Å². The fraction of sp³-hybridized carbons (Fsp3) is 0.833. The van der Waals surface area contributed by atoms with Gasteiger partial charge in [0.15, 0.2) is 5.78 Å². The number of nitrogens with two attached hydrogens (primary N) is 1. The molecular formula is C6H14N2O. The average molecular weight is 130 g/mol. The molecule has 3 N–H and O–H groups in total. The lowest BCUT2D eigenvalue weighted by molar-refractivity contribution is -0.122. The predicted octanol–water partition coefficient (Wildman–Crippen LogP) is 0.207. The molecule has 3 heteroatoms. The van der Waals surface area contributed by atoms with Gasteiger partial charge in [0.2, 0.25) is 0 Å². The number of hydrogen-bond acceptors (Lipinski definition) is 3. The van der Waals surface area contributed by atoms with E-state index >= 15 is 0 Å². The lowest BCUT2D eigenvalue weighted by Crippen LogP contribution is -2.51. The Balaban J connectivity index is 4.09. The van der Waals surface area contributed by atoms with Crippen LogP contribution in [0.15, 0.2) is 0 Å². The highest BCUT2D eigenvalue weighted by Crippen LogP contribution is 2.07. The van der Waals surface area contributed by atoms with E-state index in [0.29, 0.717) is 0 Å². The van der Waals surface area contributed by atoms with Crippen molar-refractivity contribution in [3.8, 4) is 0 Å². The summed E-state index contributed by atoms with van der Waals surface area (Å²) in [6, 6.07) is 0. The summed E-state index contributed by atoms with van der Waals surface area (Å²) in [5.74, 6) is 5.22. The third-order valence-corrected chi connectivity index (χ3v) is 1.80. The standard InChI is InChI=1S/C6H14N2O/c1-4-6(3,8-7)5(2)9/h8H,4,7H2,1-3H3. The molecule has 0 radical (unpaired) electrons. The monoisotopic (exact) mass is 130 g/mol. The van der Waals surface area contributed by atoms with Crippen molar-refractivity contribution in [2.75, 3.05) is 0 Å². The Morgan fingerprint density at radius 1 is 1.78 bits per heavy atom.